The first kappa shape index (κ1) is 15.1. The van der Waals surface area contributed by atoms with E-state index < -0.39 is 0 Å². The van der Waals surface area contributed by atoms with Crippen molar-refractivity contribution in [2.24, 2.45) is 0 Å². The molecule has 2 heteroatoms. The van der Waals surface area contributed by atoms with E-state index in [0.29, 0.717) is 17.7 Å². The van der Waals surface area contributed by atoms with Gasteiger partial charge in [-0.1, -0.05) is 44.2 Å². The number of nitrogens with one attached hydrogen (secondary N) is 1. The molecule has 2 nitrogen and oxygen atoms in total. The second-order valence-electron chi connectivity index (χ2n) is 6.75. The molecule has 0 saturated carbocycles. The first-order valence-electron chi connectivity index (χ1n) is 8.17. The average Bonchev–Trinajstić information content (AvgIpc) is 2.88. The smallest absolute Gasteiger partial charge is 0.119 e. The van der Waals surface area contributed by atoms with Gasteiger partial charge in [0.25, 0.3) is 0 Å². The van der Waals surface area contributed by atoms with E-state index in [1.807, 2.05) is 6.07 Å². The van der Waals surface area contributed by atoms with Gasteiger partial charge in [0.1, 0.15) is 5.75 Å². The van der Waals surface area contributed by atoms with Gasteiger partial charge in [0.15, 0.2) is 0 Å². The summed E-state index contributed by atoms with van der Waals surface area (Å²) in [7, 11) is 0. The number of fused-ring (bicyclic) bond motifs is 1. The Morgan fingerprint density at radius 2 is 1.77 bits per heavy atom. The normalized spacial score (nSPS) is 14.5. The van der Waals surface area contributed by atoms with Crippen LogP contribution in [0.5, 0.6) is 5.75 Å². The molecule has 22 heavy (non-hydrogen) atoms. The zero-order valence-electron chi connectivity index (χ0n) is 13.7. The van der Waals surface area contributed by atoms with Crippen molar-refractivity contribution < 1.29 is 5.11 Å². The molecule has 2 aromatic carbocycles. The SMILES string of the molecule is Cc1cc(O)c(C(C)C)cc1CNC1Cc2ccccc2C1. The maximum atomic E-state index is 10.1. The molecule has 0 aliphatic heterocycles. The molecule has 1 aliphatic rings. The molecule has 0 saturated heterocycles. The largest absolute Gasteiger partial charge is 0.508 e. The van der Waals surface area contributed by atoms with Gasteiger partial charge in [-0.2, -0.15) is 0 Å². The quantitative estimate of drug-likeness (QED) is 0.890. The molecule has 2 aromatic rings. The Hall–Kier alpha value is -1.80. The Bertz CT molecular complexity index is 650. The fraction of sp³-hybridized carbons (Fsp3) is 0.400. The molecule has 0 atom stereocenters. The van der Waals surface area contributed by atoms with Crippen molar-refractivity contribution in [2.75, 3.05) is 0 Å². The molecule has 2 N–H and O–H groups in total. The van der Waals surface area contributed by atoms with E-state index in [0.717, 1.165) is 30.5 Å². The number of phenols is 1. The molecule has 0 unspecified atom stereocenters. The third-order valence-electron chi connectivity index (χ3n) is 4.74. The highest BCUT2D eigenvalue weighted by Gasteiger charge is 2.20. The number of benzene rings is 2. The summed E-state index contributed by atoms with van der Waals surface area (Å²) < 4.78 is 0. The Labute approximate surface area is 133 Å². The number of aryl methyl sites for hydroxylation is 1. The van der Waals surface area contributed by atoms with Crippen molar-refractivity contribution in [2.45, 2.75) is 52.1 Å². The summed E-state index contributed by atoms with van der Waals surface area (Å²) in [5.41, 5.74) is 6.44. The van der Waals surface area contributed by atoms with Crippen LogP contribution in [0.2, 0.25) is 0 Å². The zero-order valence-corrected chi connectivity index (χ0v) is 13.7. The van der Waals surface area contributed by atoms with Gasteiger partial charge < -0.3 is 10.4 Å². The highest BCUT2D eigenvalue weighted by Crippen LogP contribution is 2.29. The molecule has 3 rings (SSSR count). The lowest BCUT2D eigenvalue weighted by Gasteiger charge is -2.17. The van der Waals surface area contributed by atoms with Crippen LogP contribution in [0.25, 0.3) is 0 Å². The molecular weight excluding hydrogens is 270 g/mol. The van der Waals surface area contributed by atoms with Gasteiger partial charge in [0, 0.05) is 12.6 Å². The highest BCUT2D eigenvalue weighted by molar-refractivity contribution is 5.43. The maximum Gasteiger partial charge on any atom is 0.119 e. The Balaban J connectivity index is 1.69. The second kappa shape index (κ2) is 6.13. The van der Waals surface area contributed by atoms with Crippen LogP contribution >= 0.6 is 0 Å². The first-order chi connectivity index (χ1) is 10.5. The summed E-state index contributed by atoms with van der Waals surface area (Å²) in [6, 6.07) is 13.3. The van der Waals surface area contributed by atoms with Gasteiger partial charge in [-0.05, 0) is 59.6 Å². The van der Waals surface area contributed by atoms with E-state index in [9.17, 15) is 5.11 Å². The van der Waals surface area contributed by atoms with Crippen LogP contribution in [0.4, 0.5) is 0 Å². The van der Waals surface area contributed by atoms with Crippen LogP contribution in [0.15, 0.2) is 36.4 Å². The van der Waals surface area contributed by atoms with E-state index in [1.54, 1.807) is 0 Å². The van der Waals surface area contributed by atoms with Crippen molar-refractivity contribution >= 4 is 0 Å². The number of hydrogen-bond donors (Lipinski definition) is 2. The number of aromatic hydroxyl groups is 1. The Morgan fingerprint density at radius 3 is 2.36 bits per heavy atom. The molecule has 0 fully saturated rings. The van der Waals surface area contributed by atoms with Crippen molar-refractivity contribution in [3.8, 4) is 5.75 Å². The number of phenolic OH excluding ortho intramolecular Hbond substituents is 1. The third-order valence-corrected chi connectivity index (χ3v) is 4.74. The molecule has 116 valence electrons. The fourth-order valence-electron chi connectivity index (χ4n) is 3.37. The van der Waals surface area contributed by atoms with E-state index >= 15 is 0 Å². The van der Waals surface area contributed by atoms with E-state index in [4.69, 9.17) is 0 Å². The second-order valence-corrected chi connectivity index (χ2v) is 6.75. The van der Waals surface area contributed by atoms with Crippen LogP contribution in [-0.4, -0.2) is 11.1 Å². The molecule has 0 amide bonds. The summed E-state index contributed by atoms with van der Waals surface area (Å²) in [5, 5.41) is 13.8. The van der Waals surface area contributed by atoms with Crippen LogP contribution in [-0.2, 0) is 19.4 Å². The lowest BCUT2D eigenvalue weighted by Crippen LogP contribution is -2.29. The van der Waals surface area contributed by atoms with Crippen molar-refractivity contribution in [3.05, 3.63) is 64.2 Å². The standard InChI is InChI=1S/C20H25NO/c1-13(2)19-11-17(14(3)8-20(19)22)12-21-18-9-15-6-4-5-7-16(15)10-18/h4-8,11,13,18,21-22H,9-10,12H2,1-3H3. The van der Waals surface area contributed by atoms with Crippen molar-refractivity contribution in [1.82, 2.24) is 5.32 Å². The van der Waals surface area contributed by atoms with E-state index in [1.165, 1.54) is 16.7 Å². The maximum absolute atomic E-state index is 10.1. The van der Waals surface area contributed by atoms with Crippen LogP contribution in [0.3, 0.4) is 0 Å². The predicted molar refractivity (Wildman–Crippen MR) is 91.4 cm³/mol. The molecule has 1 aliphatic carbocycles. The van der Waals surface area contributed by atoms with Crippen molar-refractivity contribution in [1.29, 1.82) is 0 Å². The summed E-state index contributed by atoms with van der Waals surface area (Å²) in [5.74, 6) is 0.764. The van der Waals surface area contributed by atoms with Crippen LogP contribution < -0.4 is 5.32 Å². The topological polar surface area (TPSA) is 32.3 Å². The predicted octanol–water partition coefficient (Wildman–Crippen LogP) is 4.08. The lowest BCUT2D eigenvalue weighted by molar-refractivity contribution is 0.463. The van der Waals surface area contributed by atoms with E-state index in [2.05, 4.69) is 56.4 Å². The first-order valence-corrected chi connectivity index (χ1v) is 8.17. The van der Waals surface area contributed by atoms with Gasteiger partial charge >= 0.3 is 0 Å². The average molecular weight is 295 g/mol. The summed E-state index contributed by atoms with van der Waals surface area (Å²) in [4.78, 5) is 0. The fourth-order valence-corrected chi connectivity index (χ4v) is 3.37. The lowest BCUT2D eigenvalue weighted by atomic mass is 9.96. The summed E-state index contributed by atoms with van der Waals surface area (Å²) >= 11 is 0. The molecule has 0 heterocycles. The Kier molecular flexibility index (Phi) is 4.21. The molecule has 0 radical (unpaired) electrons. The summed E-state index contributed by atoms with van der Waals surface area (Å²) in [6.45, 7) is 7.18. The minimum Gasteiger partial charge on any atom is -0.508 e. The van der Waals surface area contributed by atoms with Crippen LogP contribution in [0, 0.1) is 6.92 Å². The zero-order chi connectivity index (χ0) is 15.7. The van der Waals surface area contributed by atoms with Gasteiger partial charge in [0.05, 0.1) is 0 Å². The van der Waals surface area contributed by atoms with E-state index in [-0.39, 0.29) is 0 Å². The number of rotatable bonds is 4. The molecule has 0 bridgehead atoms. The molecular formula is C20H25NO. The third kappa shape index (κ3) is 3.02. The van der Waals surface area contributed by atoms with Gasteiger partial charge in [-0.3, -0.25) is 0 Å². The minimum atomic E-state index is 0.343. The van der Waals surface area contributed by atoms with Crippen molar-refractivity contribution in [3.63, 3.8) is 0 Å². The highest BCUT2D eigenvalue weighted by atomic mass is 16.3. The van der Waals surface area contributed by atoms with Gasteiger partial charge in [-0.25, -0.2) is 0 Å². The summed E-state index contributed by atoms with van der Waals surface area (Å²) in [6.07, 6.45) is 2.23. The molecule has 0 aromatic heterocycles. The minimum absolute atomic E-state index is 0.343. The monoisotopic (exact) mass is 295 g/mol. The van der Waals surface area contributed by atoms with Gasteiger partial charge in [0.2, 0.25) is 0 Å². The Morgan fingerprint density at radius 1 is 1.14 bits per heavy atom. The molecule has 0 spiro atoms. The number of hydrogen-bond acceptors (Lipinski definition) is 2. The van der Waals surface area contributed by atoms with Crippen LogP contribution in [0.1, 0.15) is 47.6 Å². The van der Waals surface area contributed by atoms with Gasteiger partial charge in [-0.15, -0.1) is 0 Å².